The van der Waals surface area contributed by atoms with Crippen molar-refractivity contribution in [3.8, 4) is 6.07 Å². The van der Waals surface area contributed by atoms with Crippen LogP contribution in [0.3, 0.4) is 0 Å². The van der Waals surface area contributed by atoms with E-state index in [9.17, 15) is 4.79 Å². The molecule has 0 saturated heterocycles. The standard InChI is InChI=1S/C18H18ClN3OS/c1-22(11-13-3-7-16(24-2)8-4-13)12-18(23)21-17-9-15(19)6-5-14(17)10-20/h3-9H,11-12H2,1-2H3,(H,21,23). The molecule has 0 unspecified atom stereocenters. The van der Waals surface area contributed by atoms with Crippen LogP contribution in [0.15, 0.2) is 47.4 Å². The van der Waals surface area contributed by atoms with Crippen molar-refractivity contribution in [2.45, 2.75) is 11.4 Å². The number of rotatable bonds is 6. The van der Waals surface area contributed by atoms with Crippen molar-refractivity contribution in [2.24, 2.45) is 0 Å². The van der Waals surface area contributed by atoms with E-state index in [1.165, 1.54) is 4.90 Å². The molecule has 0 spiro atoms. The topological polar surface area (TPSA) is 56.1 Å². The summed E-state index contributed by atoms with van der Waals surface area (Å²) in [7, 11) is 1.88. The quantitative estimate of drug-likeness (QED) is 0.792. The maximum Gasteiger partial charge on any atom is 0.238 e. The summed E-state index contributed by atoms with van der Waals surface area (Å²) in [6.07, 6.45) is 2.04. The molecule has 0 heterocycles. The van der Waals surface area contributed by atoms with Gasteiger partial charge in [0, 0.05) is 16.5 Å². The van der Waals surface area contributed by atoms with Gasteiger partial charge in [-0.2, -0.15) is 5.26 Å². The van der Waals surface area contributed by atoms with Gasteiger partial charge in [0.15, 0.2) is 0 Å². The van der Waals surface area contributed by atoms with Crippen molar-refractivity contribution in [1.82, 2.24) is 4.90 Å². The van der Waals surface area contributed by atoms with Gasteiger partial charge in [-0.1, -0.05) is 23.7 Å². The second kappa shape index (κ2) is 8.74. The summed E-state index contributed by atoms with van der Waals surface area (Å²) in [6.45, 7) is 0.893. The number of nitrogens with one attached hydrogen (secondary N) is 1. The van der Waals surface area contributed by atoms with E-state index >= 15 is 0 Å². The van der Waals surface area contributed by atoms with Gasteiger partial charge in [0.25, 0.3) is 0 Å². The molecular weight excluding hydrogens is 342 g/mol. The Morgan fingerprint density at radius 3 is 2.62 bits per heavy atom. The fourth-order valence-corrected chi connectivity index (χ4v) is 2.83. The fraction of sp³-hybridized carbons (Fsp3) is 0.222. The predicted molar refractivity (Wildman–Crippen MR) is 99.4 cm³/mol. The van der Waals surface area contributed by atoms with Crippen LogP contribution in [0.1, 0.15) is 11.1 Å². The van der Waals surface area contributed by atoms with Crippen molar-refractivity contribution >= 4 is 35.0 Å². The molecule has 1 amide bonds. The van der Waals surface area contributed by atoms with Crippen molar-refractivity contribution in [3.05, 3.63) is 58.6 Å². The first-order valence-electron chi connectivity index (χ1n) is 7.33. The van der Waals surface area contributed by atoms with Crippen LogP contribution in [0, 0.1) is 11.3 Å². The maximum absolute atomic E-state index is 12.2. The summed E-state index contributed by atoms with van der Waals surface area (Å²) < 4.78 is 0. The van der Waals surface area contributed by atoms with Crippen molar-refractivity contribution in [1.29, 1.82) is 5.26 Å². The molecule has 124 valence electrons. The zero-order chi connectivity index (χ0) is 17.5. The minimum absolute atomic E-state index is 0.183. The highest BCUT2D eigenvalue weighted by Gasteiger charge is 2.10. The number of likely N-dealkylation sites (N-methyl/N-ethyl adjacent to an activating group) is 1. The van der Waals surface area contributed by atoms with Gasteiger partial charge in [-0.05, 0) is 49.2 Å². The zero-order valence-electron chi connectivity index (χ0n) is 13.5. The van der Waals surface area contributed by atoms with Crippen LogP contribution in [0.4, 0.5) is 5.69 Å². The van der Waals surface area contributed by atoms with Gasteiger partial charge in [0.1, 0.15) is 6.07 Å². The molecule has 1 N–H and O–H groups in total. The van der Waals surface area contributed by atoms with Crippen molar-refractivity contribution in [3.63, 3.8) is 0 Å². The first-order valence-corrected chi connectivity index (χ1v) is 8.93. The van der Waals surface area contributed by atoms with Crippen molar-refractivity contribution in [2.75, 3.05) is 25.2 Å². The van der Waals surface area contributed by atoms with Crippen molar-refractivity contribution < 1.29 is 4.79 Å². The smallest absolute Gasteiger partial charge is 0.238 e. The lowest BCUT2D eigenvalue weighted by atomic mass is 10.2. The number of halogens is 1. The Hall–Kier alpha value is -2.00. The van der Waals surface area contributed by atoms with Gasteiger partial charge in [-0.25, -0.2) is 0 Å². The van der Waals surface area contributed by atoms with E-state index in [0.29, 0.717) is 22.8 Å². The van der Waals surface area contributed by atoms with E-state index in [1.807, 2.05) is 24.3 Å². The third-order valence-corrected chi connectivity index (χ3v) is 4.38. The molecule has 0 saturated carbocycles. The van der Waals surface area contributed by atoms with E-state index < -0.39 is 0 Å². The highest BCUT2D eigenvalue weighted by Crippen LogP contribution is 2.20. The first-order chi connectivity index (χ1) is 11.5. The number of amides is 1. The van der Waals surface area contributed by atoms with Crippen LogP contribution >= 0.6 is 23.4 Å². The number of carbonyl (C=O) groups excluding carboxylic acids is 1. The number of anilines is 1. The van der Waals surface area contributed by atoms with E-state index in [4.69, 9.17) is 16.9 Å². The van der Waals surface area contributed by atoms with Crippen LogP contribution in [-0.4, -0.2) is 30.7 Å². The minimum Gasteiger partial charge on any atom is -0.324 e. The number of hydrogen-bond donors (Lipinski definition) is 1. The Labute approximate surface area is 151 Å². The Balaban J connectivity index is 1.94. The molecule has 2 aromatic carbocycles. The van der Waals surface area contributed by atoms with Crippen LogP contribution in [0.25, 0.3) is 0 Å². The molecule has 0 aliphatic rings. The predicted octanol–water partition coefficient (Wildman–Crippen LogP) is 4.00. The summed E-state index contributed by atoms with van der Waals surface area (Å²) in [5.74, 6) is -0.183. The molecule has 0 aliphatic heterocycles. The lowest BCUT2D eigenvalue weighted by Gasteiger charge is -2.17. The summed E-state index contributed by atoms with van der Waals surface area (Å²) >= 11 is 7.62. The summed E-state index contributed by atoms with van der Waals surface area (Å²) in [6, 6.07) is 15.1. The number of carbonyl (C=O) groups is 1. The van der Waals surface area contributed by atoms with Gasteiger partial charge < -0.3 is 5.32 Å². The van der Waals surface area contributed by atoms with E-state index in [1.54, 1.807) is 30.0 Å². The van der Waals surface area contributed by atoms with Crippen LogP contribution in [0.2, 0.25) is 5.02 Å². The molecule has 0 aromatic heterocycles. The largest absolute Gasteiger partial charge is 0.324 e. The normalized spacial score (nSPS) is 10.5. The Morgan fingerprint density at radius 2 is 2.00 bits per heavy atom. The molecule has 2 aromatic rings. The van der Waals surface area contributed by atoms with Crippen LogP contribution in [-0.2, 0) is 11.3 Å². The Kier molecular flexibility index (Phi) is 6.68. The highest BCUT2D eigenvalue weighted by atomic mass is 35.5. The minimum atomic E-state index is -0.183. The SMILES string of the molecule is CSc1ccc(CN(C)CC(=O)Nc2cc(Cl)ccc2C#N)cc1. The number of nitriles is 1. The second-order valence-corrected chi connectivity index (χ2v) is 6.69. The van der Waals surface area contributed by atoms with Gasteiger partial charge in [0.2, 0.25) is 5.91 Å². The van der Waals surface area contributed by atoms with Gasteiger partial charge in [-0.3, -0.25) is 9.69 Å². The van der Waals surface area contributed by atoms with Crippen LogP contribution in [0.5, 0.6) is 0 Å². The van der Waals surface area contributed by atoms with E-state index in [0.717, 1.165) is 5.56 Å². The second-order valence-electron chi connectivity index (χ2n) is 5.37. The molecule has 0 atom stereocenters. The average molecular weight is 360 g/mol. The lowest BCUT2D eigenvalue weighted by Crippen LogP contribution is -2.30. The molecule has 2 rings (SSSR count). The molecule has 0 radical (unpaired) electrons. The van der Waals surface area contributed by atoms with E-state index in [-0.39, 0.29) is 12.5 Å². The number of benzene rings is 2. The molecule has 4 nitrogen and oxygen atoms in total. The average Bonchev–Trinajstić information content (AvgIpc) is 2.55. The monoisotopic (exact) mass is 359 g/mol. The lowest BCUT2D eigenvalue weighted by molar-refractivity contribution is -0.117. The summed E-state index contributed by atoms with van der Waals surface area (Å²) in [4.78, 5) is 15.3. The molecule has 0 fully saturated rings. The first kappa shape index (κ1) is 18.3. The highest BCUT2D eigenvalue weighted by molar-refractivity contribution is 7.98. The summed E-state index contributed by atoms with van der Waals surface area (Å²) in [5.41, 5.74) is 1.97. The van der Waals surface area contributed by atoms with Gasteiger partial charge >= 0.3 is 0 Å². The third-order valence-electron chi connectivity index (χ3n) is 3.40. The number of thioether (sulfide) groups is 1. The molecule has 0 aliphatic carbocycles. The maximum atomic E-state index is 12.2. The number of nitrogens with zero attached hydrogens (tertiary/aromatic N) is 2. The third kappa shape index (κ3) is 5.27. The number of hydrogen-bond acceptors (Lipinski definition) is 4. The fourth-order valence-electron chi connectivity index (χ4n) is 2.25. The van der Waals surface area contributed by atoms with Crippen LogP contribution < -0.4 is 5.32 Å². The van der Waals surface area contributed by atoms with Gasteiger partial charge in [0.05, 0.1) is 17.8 Å². The zero-order valence-corrected chi connectivity index (χ0v) is 15.1. The molecule has 0 bridgehead atoms. The molecular formula is C18H18ClN3OS. The molecule has 6 heteroatoms. The Morgan fingerprint density at radius 1 is 1.29 bits per heavy atom. The van der Waals surface area contributed by atoms with Gasteiger partial charge in [-0.15, -0.1) is 11.8 Å². The van der Waals surface area contributed by atoms with E-state index in [2.05, 4.69) is 29.6 Å². The summed E-state index contributed by atoms with van der Waals surface area (Å²) in [5, 5.41) is 12.3. The Bertz CT molecular complexity index is 756. The molecule has 24 heavy (non-hydrogen) atoms.